The second kappa shape index (κ2) is 5.84. The summed E-state index contributed by atoms with van der Waals surface area (Å²) in [6.07, 6.45) is 2.08. The van der Waals surface area contributed by atoms with Gasteiger partial charge in [-0.2, -0.15) is 8.78 Å². The maximum atomic E-state index is 13.1. The van der Waals surface area contributed by atoms with E-state index in [-0.39, 0.29) is 6.61 Å². The highest BCUT2D eigenvalue weighted by atomic mass is 19.2. The molecule has 96 valence electrons. The number of rotatable bonds is 5. The summed E-state index contributed by atoms with van der Waals surface area (Å²) in [7, 11) is 0. The zero-order valence-electron chi connectivity index (χ0n) is 9.13. The van der Waals surface area contributed by atoms with Crippen LogP contribution in [-0.2, 0) is 0 Å². The fraction of sp³-hybridized carbons (Fsp3) is 0.455. The van der Waals surface area contributed by atoms with Crippen molar-refractivity contribution in [2.24, 2.45) is 0 Å². The van der Waals surface area contributed by atoms with Crippen molar-refractivity contribution in [2.45, 2.75) is 26.2 Å². The van der Waals surface area contributed by atoms with Crippen molar-refractivity contribution < 1.29 is 26.7 Å². The molecule has 0 saturated carbocycles. The van der Waals surface area contributed by atoms with Gasteiger partial charge in [0.25, 0.3) is 0 Å². The molecule has 0 heterocycles. The molecular weight excluding hydrogens is 243 g/mol. The van der Waals surface area contributed by atoms with E-state index in [0.717, 1.165) is 12.8 Å². The van der Waals surface area contributed by atoms with Crippen molar-refractivity contribution in [3.8, 4) is 5.75 Å². The fourth-order valence-corrected chi connectivity index (χ4v) is 1.24. The summed E-state index contributed by atoms with van der Waals surface area (Å²) in [5.41, 5.74) is 0. The zero-order chi connectivity index (χ0) is 13.0. The van der Waals surface area contributed by atoms with E-state index in [2.05, 4.69) is 4.74 Å². The Labute approximate surface area is 95.2 Å². The van der Waals surface area contributed by atoms with Crippen LogP contribution in [0.5, 0.6) is 5.75 Å². The van der Waals surface area contributed by atoms with Crippen molar-refractivity contribution in [3.05, 3.63) is 29.1 Å². The standard InChI is InChI=1S/C11H11F5O/c1-2-3-4-5-17-11-9(15)7(13)6(12)8(14)10(11)16/h2-5H2,1H3. The zero-order valence-corrected chi connectivity index (χ0v) is 9.13. The van der Waals surface area contributed by atoms with Crippen molar-refractivity contribution in [2.75, 3.05) is 6.61 Å². The van der Waals surface area contributed by atoms with Crippen molar-refractivity contribution in [1.29, 1.82) is 0 Å². The second-order valence-electron chi connectivity index (χ2n) is 3.45. The SMILES string of the molecule is CCCCCOc1c(F)c(F)c(F)c(F)c1F. The monoisotopic (exact) mass is 254 g/mol. The van der Waals surface area contributed by atoms with Gasteiger partial charge in [0.1, 0.15) is 0 Å². The highest BCUT2D eigenvalue weighted by Crippen LogP contribution is 2.29. The molecule has 0 aliphatic heterocycles. The molecule has 0 atom stereocenters. The third kappa shape index (κ3) is 2.87. The molecule has 1 nitrogen and oxygen atoms in total. The molecule has 0 aliphatic carbocycles. The molecule has 17 heavy (non-hydrogen) atoms. The van der Waals surface area contributed by atoms with Gasteiger partial charge in [0.15, 0.2) is 5.75 Å². The predicted molar refractivity (Wildman–Crippen MR) is 51.3 cm³/mol. The van der Waals surface area contributed by atoms with Crippen LogP contribution < -0.4 is 4.74 Å². The van der Waals surface area contributed by atoms with Crippen LogP contribution >= 0.6 is 0 Å². The number of halogens is 5. The van der Waals surface area contributed by atoms with Crippen LogP contribution in [0.3, 0.4) is 0 Å². The molecule has 6 heteroatoms. The molecule has 0 radical (unpaired) electrons. The van der Waals surface area contributed by atoms with E-state index < -0.39 is 34.8 Å². The van der Waals surface area contributed by atoms with Crippen LogP contribution in [0.15, 0.2) is 0 Å². The highest BCUT2D eigenvalue weighted by molar-refractivity contribution is 5.29. The van der Waals surface area contributed by atoms with Crippen molar-refractivity contribution in [3.63, 3.8) is 0 Å². The van der Waals surface area contributed by atoms with Gasteiger partial charge < -0.3 is 4.74 Å². The van der Waals surface area contributed by atoms with Crippen LogP contribution in [0.2, 0.25) is 0 Å². The van der Waals surface area contributed by atoms with E-state index in [1.807, 2.05) is 6.92 Å². The summed E-state index contributed by atoms with van der Waals surface area (Å²) in [4.78, 5) is 0. The van der Waals surface area contributed by atoms with E-state index in [4.69, 9.17) is 0 Å². The first-order valence-electron chi connectivity index (χ1n) is 5.14. The number of hydrogen-bond donors (Lipinski definition) is 0. The van der Waals surface area contributed by atoms with E-state index in [9.17, 15) is 22.0 Å². The minimum atomic E-state index is -2.18. The molecule has 1 aromatic rings. The first-order chi connectivity index (χ1) is 8.00. The molecule has 0 unspecified atom stereocenters. The molecule has 0 aromatic heterocycles. The van der Waals surface area contributed by atoms with Crippen molar-refractivity contribution >= 4 is 0 Å². The smallest absolute Gasteiger partial charge is 0.206 e. The number of unbranched alkanes of at least 4 members (excludes halogenated alkanes) is 2. The summed E-state index contributed by atoms with van der Waals surface area (Å²) in [5, 5.41) is 0. The summed E-state index contributed by atoms with van der Waals surface area (Å²) in [5.74, 6) is -11.2. The van der Waals surface area contributed by atoms with Gasteiger partial charge in [0.05, 0.1) is 6.61 Å². The molecular formula is C11H11F5O. The number of benzene rings is 1. The van der Waals surface area contributed by atoms with Gasteiger partial charge in [-0.15, -0.1) is 0 Å². The Balaban J connectivity index is 2.92. The maximum Gasteiger partial charge on any atom is 0.206 e. The normalized spacial score (nSPS) is 10.7. The average Bonchev–Trinajstić information content (AvgIpc) is 2.33. The Morgan fingerprint density at radius 3 is 1.71 bits per heavy atom. The van der Waals surface area contributed by atoms with Gasteiger partial charge in [-0.25, -0.2) is 13.2 Å². The Hall–Kier alpha value is -1.33. The minimum absolute atomic E-state index is 0.0911. The van der Waals surface area contributed by atoms with E-state index in [1.54, 1.807) is 0 Å². The molecule has 0 fully saturated rings. The Kier molecular flexibility index (Phi) is 4.72. The summed E-state index contributed by atoms with van der Waals surface area (Å²) < 4.78 is 68.9. The van der Waals surface area contributed by atoms with E-state index in [1.165, 1.54) is 0 Å². The minimum Gasteiger partial charge on any atom is -0.487 e. The van der Waals surface area contributed by atoms with Gasteiger partial charge in [-0.3, -0.25) is 0 Å². The Morgan fingerprint density at radius 1 is 0.765 bits per heavy atom. The van der Waals surface area contributed by atoms with Gasteiger partial charge in [0, 0.05) is 0 Å². The molecule has 0 bridgehead atoms. The number of ether oxygens (including phenoxy) is 1. The lowest BCUT2D eigenvalue weighted by atomic mass is 10.2. The highest BCUT2D eigenvalue weighted by Gasteiger charge is 2.26. The molecule has 0 amide bonds. The topological polar surface area (TPSA) is 9.23 Å². The Bertz CT molecular complexity index is 376. The summed E-state index contributed by atoms with van der Waals surface area (Å²) >= 11 is 0. The largest absolute Gasteiger partial charge is 0.487 e. The average molecular weight is 254 g/mol. The first kappa shape index (κ1) is 13.7. The first-order valence-corrected chi connectivity index (χ1v) is 5.14. The van der Waals surface area contributed by atoms with E-state index in [0.29, 0.717) is 6.42 Å². The van der Waals surface area contributed by atoms with E-state index >= 15 is 0 Å². The van der Waals surface area contributed by atoms with Crippen LogP contribution in [0.4, 0.5) is 22.0 Å². The summed E-state index contributed by atoms with van der Waals surface area (Å²) in [6, 6.07) is 0. The lowest BCUT2D eigenvalue weighted by Crippen LogP contribution is -2.07. The maximum absolute atomic E-state index is 13.1. The van der Waals surface area contributed by atoms with Crippen LogP contribution in [0, 0.1) is 29.1 Å². The van der Waals surface area contributed by atoms with Crippen LogP contribution in [0.25, 0.3) is 0 Å². The van der Waals surface area contributed by atoms with Gasteiger partial charge in [0.2, 0.25) is 29.1 Å². The molecule has 1 aromatic carbocycles. The fourth-order valence-electron chi connectivity index (χ4n) is 1.24. The second-order valence-corrected chi connectivity index (χ2v) is 3.45. The van der Waals surface area contributed by atoms with Crippen LogP contribution in [-0.4, -0.2) is 6.61 Å². The van der Waals surface area contributed by atoms with Gasteiger partial charge in [-0.1, -0.05) is 19.8 Å². The number of hydrogen-bond acceptors (Lipinski definition) is 1. The summed E-state index contributed by atoms with van der Waals surface area (Å²) in [6.45, 7) is 1.81. The molecule has 0 saturated heterocycles. The quantitative estimate of drug-likeness (QED) is 0.334. The third-order valence-corrected chi connectivity index (χ3v) is 2.16. The Morgan fingerprint density at radius 2 is 1.24 bits per heavy atom. The third-order valence-electron chi connectivity index (χ3n) is 2.16. The molecule has 1 rings (SSSR count). The lowest BCUT2D eigenvalue weighted by molar-refractivity contribution is 0.256. The van der Waals surface area contributed by atoms with Gasteiger partial charge >= 0.3 is 0 Å². The molecule has 0 aliphatic rings. The molecule has 0 N–H and O–H groups in total. The lowest BCUT2D eigenvalue weighted by Gasteiger charge is -2.09. The van der Waals surface area contributed by atoms with Crippen molar-refractivity contribution in [1.82, 2.24) is 0 Å². The predicted octanol–water partition coefficient (Wildman–Crippen LogP) is 3.95. The molecule has 0 spiro atoms. The van der Waals surface area contributed by atoms with Gasteiger partial charge in [-0.05, 0) is 6.42 Å². The van der Waals surface area contributed by atoms with Crippen LogP contribution in [0.1, 0.15) is 26.2 Å².